The summed E-state index contributed by atoms with van der Waals surface area (Å²) in [5.41, 5.74) is 0.600. The number of tetrazole rings is 1. The predicted octanol–water partition coefficient (Wildman–Crippen LogP) is 4.06. The van der Waals surface area contributed by atoms with Gasteiger partial charge in [-0.25, -0.2) is 4.68 Å². The molecule has 0 aliphatic carbocycles. The lowest BCUT2D eigenvalue weighted by Crippen LogP contribution is -2.36. The molecule has 0 bridgehead atoms. The molecule has 0 amide bonds. The van der Waals surface area contributed by atoms with E-state index in [9.17, 15) is 9.90 Å². The van der Waals surface area contributed by atoms with Crippen molar-refractivity contribution in [2.45, 2.75) is 65.5 Å². The van der Waals surface area contributed by atoms with Crippen molar-refractivity contribution in [2.75, 3.05) is 6.61 Å². The number of aromatic nitrogens is 4. The Morgan fingerprint density at radius 3 is 2.41 bits per heavy atom. The van der Waals surface area contributed by atoms with Crippen LogP contribution in [0.4, 0.5) is 0 Å². The Labute approximate surface area is 174 Å². The van der Waals surface area contributed by atoms with Crippen molar-refractivity contribution in [3.05, 3.63) is 41.7 Å². The lowest BCUT2D eigenvalue weighted by Gasteiger charge is -2.33. The molecule has 0 unspecified atom stereocenters. The van der Waals surface area contributed by atoms with E-state index in [0.717, 1.165) is 11.6 Å². The Morgan fingerprint density at radius 1 is 1.21 bits per heavy atom. The quantitative estimate of drug-likeness (QED) is 0.462. The van der Waals surface area contributed by atoms with Gasteiger partial charge < -0.3 is 9.84 Å². The fraction of sp³-hybridized carbons (Fsp3) is 0.619. The van der Waals surface area contributed by atoms with Gasteiger partial charge in [0.1, 0.15) is 6.73 Å². The van der Waals surface area contributed by atoms with Crippen LogP contribution < -0.4 is 0 Å². The predicted molar refractivity (Wildman–Crippen MR) is 115 cm³/mol. The van der Waals surface area contributed by atoms with Gasteiger partial charge in [0.2, 0.25) is 0 Å². The van der Waals surface area contributed by atoms with Crippen molar-refractivity contribution >= 4 is 14.0 Å². The Balaban J connectivity index is 2.29. The molecular weight excluding hydrogens is 384 g/mol. The number of rotatable bonds is 10. The molecule has 0 aliphatic heterocycles. The number of nitrogens with zero attached hydrogens (tertiary/aromatic N) is 4. The molecule has 29 heavy (non-hydrogen) atoms. The monoisotopic (exact) mass is 418 g/mol. The van der Waals surface area contributed by atoms with Gasteiger partial charge in [-0.05, 0) is 33.9 Å². The molecule has 0 spiro atoms. The van der Waals surface area contributed by atoms with Crippen LogP contribution >= 0.6 is 0 Å². The highest BCUT2D eigenvalue weighted by Gasteiger charge is 2.41. The van der Waals surface area contributed by atoms with Gasteiger partial charge in [-0.1, -0.05) is 70.7 Å². The van der Waals surface area contributed by atoms with Crippen LogP contribution in [0.2, 0.25) is 25.7 Å². The van der Waals surface area contributed by atoms with Crippen molar-refractivity contribution < 1.29 is 14.6 Å². The Hall–Kier alpha value is -2.06. The molecule has 0 saturated heterocycles. The first kappa shape index (κ1) is 23.2. The van der Waals surface area contributed by atoms with E-state index in [4.69, 9.17) is 4.74 Å². The molecule has 0 fully saturated rings. The van der Waals surface area contributed by atoms with Crippen molar-refractivity contribution in [2.24, 2.45) is 11.3 Å². The Kier molecular flexibility index (Phi) is 7.71. The van der Waals surface area contributed by atoms with Crippen molar-refractivity contribution in [1.82, 2.24) is 20.2 Å². The molecule has 0 saturated carbocycles. The molecule has 1 N–H and O–H groups in total. The van der Waals surface area contributed by atoms with Crippen molar-refractivity contribution in [3.8, 4) is 0 Å². The minimum Gasteiger partial charge on any atom is -0.481 e. The molecule has 7 nitrogen and oxygen atoms in total. The lowest BCUT2D eigenvalue weighted by molar-refractivity contribution is -0.146. The van der Waals surface area contributed by atoms with Crippen LogP contribution in [0.25, 0.3) is 0 Å². The summed E-state index contributed by atoms with van der Waals surface area (Å²) in [7, 11) is -1.19. The smallest absolute Gasteiger partial charge is 0.307 e. The van der Waals surface area contributed by atoms with Crippen LogP contribution in [0.5, 0.6) is 0 Å². The zero-order valence-electron chi connectivity index (χ0n) is 18.4. The van der Waals surface area contributed by atoms with Crippen LogP contribution in [0.3, 0.4) is 0 Å². The SMILES string of the molecule is CC(C)(C)[C@H](C(=O)O)[C@H](Cc1ccccc1)c1nnnn1COCC[Si](C)(C)C. The molecule has 0 aliphatic rings. The summed E-state index contributed by atoms with van der Waals surface area (Å²) in [4.78, 5) is 12.3. The number of aliphatic carboxylic acids is 1. The first-order valence-electron chi connectivity index (χ1n) is 10.1. The molecule has 0 radical (unpaired) electrons. The topological polar surface area (TPSA) is 90.1 Å². The first-order valence-corrected chi connectivity index (χ1v) is 13.8. The van der Waals surface area contributed by atoms with E-state index in [0.29, 0.717) is 18.9 Å². The van der Waals surface area contributed by atoms with Gasteiger partial charge in [0.05, 0.1) is 5.92 Å². The zero-order chi connectivity index (χ0) is 21.7. The van der Waals surface area contributed by atoms with E-state index in [1.807, 2.05) is 51.1 Å². The normalized spacial score (nSPS) is 14.6. The highest BCUT2D eigenvalue weighted by Crippen LogP contribution is 2.39. The van der Waals surface area contributed by atoms with E-state index in [-0.39, 0.29) is 12.6 Å². The fourth-order valence-corrected chi connectivity index (χ4v) is 4.23. The molecule has 1 heterocycles. The number of ether oxygens (including phenoxy) is 1. The average Bonchev–Trinajstić information content (AvgIpc) is 3.05. The number of carboxylic acid groups (broad SMARTS) is 1. The Morgan fingerprint density at radius 2 is 1.86 bits per heavy atom. The molecule has 1 aromatic carbocycles. The van der Waals surface area contributed by atoms with Crippen LogP contribution in [-0.2, 0) is 22.7 Å². The maximum atomic E-state index is 12.3. The van der Waals surface area contributed by atoms with Gasteiger partial charge in [0, 0.05) is 20.6 Å². The Bertz CT molecular complexity index is 781. The third-order valence-electron chi connectivity index (χ3n) is 5.00. The maximum absolute atomic E-state index is 12.3. The summed E-state index contributed by atoms with van der Waals surface area (Å²) in [6.07, 6.45) is 0.546. The summed E-state index contributed by atoms with van der Waals surface area (Å²) in [5.74, 6) is -1.29. The lowest BCUT2D eigenvalue weighted by atomic mass is 9.71. The third kappa shape index (κ3) is 7.04. The number of benzene rings is 1. The highest BCUT2D eigenvalue weighted by molar-refractivity contribution is 6.76. The standard InChI is InChI=1S/C21H34N4O3Si/c1-21(2,3)18(20(26)27)17(14-16-10-8-7-9-11-16)19-22-23-24-25(19)15-28-12-13-29(4,5)6/h7-11,17-18H,12-15H2,1-6H3,(H,26,27)/t17-,18-/m0/s1. The molecule has 2 aromatic rings. The van der Waals surface area contributed by atoms with Gasteiger partial charge in [-0.15, -0.1) is 5.10 Å². The fourth-order valence-electron chi connectivity index (χ4n) is 3.47. The van der Waals surface area contributed by atoms with Gasteiger partial charge in [0.15, 0.2) is 5.82 Å². The zero-order valence-corrected chi connectivity index (χ0v) is 19.4. The second kappa shape index (κ2) is 9.62. The van der Waals surface area contributed by atoms with Crippen LogP contribution in [0.1, 0.15) is 38.1 Å². The summed E-state index contributed by atoms with van der Waals surface area (Å²) >= 11 is 0. The van der Waals surface area contributed by atoms with Gasteiger partial charge in [-0.2, -0.15) is 0 Å². The van der Waals surface area contributed by atoms with Gasteiger partial charge in [-0.3, -0.25) is 4.79 Å². The van der Waals surface area contributed by atoms with E-state index in [1.54, 1.807) is 4.68 Å². The summed E-state index contributed by atoms with van der Waals surface area (Å²) in [6, 6.07) is 10.9. The largest absolute Gasteiger partial charge is 0.481 e. The van der Waals surface area contributed by atoms with E-state index >= 15 is 0 Å². The first-order chi connectivity index (χ1) is 13.5. The second-order valence-electron chi connectivity index (χ2n) is 9.86. The number of hydrogen-bond donors (Lipinski definition) is 1. The minimum atomic E-state index is -1.19. The molecule has 160 valence electrons. The van der Waals surface area contributed by atoms with Crippen molar-refractivity contribution in [3.63, 3.8) is 0 Å². The van der Waals surface area contributed by atoms with Crippen LogP contribution in [0.15, 0.2) is 30.3 Å². The van der Waals surface area contributed by atoms with Crippen LogP contribution in [0, 0.1) is 11.3 Å². The van der Waals surface area contributed by atoms with Crippen molar-refractivity contribution in [1.29, 1.82) is 0 Å². The molecule has 8 heteroatoms. The third-order valence-corrected chi connectivity index (χ3v) is 6.71. The molecule has 2 rings (SSSR count). The van der Waals surface area contributed by atoms with E-state index in [2.05, 4.69) is 35.2 Å². The summed E-state index contributed by atoms with van der Waals surface area (Å²) in [6.45, 7) is 13.6. The van der Waals surface area contributed by atoms with Crippen LogP contribution in [-0.4, -0.2) is 46.0 Å². The van der Waals surface area contributed by atoms with E-state index in [1.165, 1.54) is 0 Å². The maximum Gasteiger partial charge on any atom is 0.307 e. The molecule has 1 aromatic heterocycles. The minimum absolute atomic E-state index is 0.231. The highest BCUT2D eigenvalue weighted by atomic mass is 28.3. The number of carbonyl (C=O) groups is 1. The average molecular weight is 419 g/mol. The molecule has 2 atom stereocenters. The second-order valence-corrected chi connectivity index (χ2v) is 15.5. The summed E-state index contributed by atoms with van der Waals surface area (Å²) < 4.78 is 7.44. The van der Waals surface area contributed by atoms with Gasteiger partial charge in [0.25, 0.3) is 0 Å². The molecular formula is C21H34N4O3Si. The number of carboxylic acids is 1. The van der Waals surface area contributed by atoms with Gasteiger partial charge >= 0.3 is 5.97 Å². The van der Waals surface area contributed by atoms with E-state index < -0.39 is 25.4 Å². The summed E-state index contributed by atoms with van der Waals surface area (Å²) in [5, 5.41) is 22.2. The number of hydrogen-bond acceptors (Lipinski definition) is 5.